The summed E-state index contributed by atoms with van der Waals surface area (Å²) in [5, 5.41) is 25.5. The molecular weight excluding hydrogens is 985 g/mol. The summed E-state index contributed by atoms with van der Waals surface area (Å²) >= 11 is 6.10. The Balaban J connectivity index is 1.72. The number of phenols is 2. The number of aromatic hydroxyl groups is 2. The summed E-state index contributed by atoms with van der Waals surface area (Å²) in [4.78, 5) is 0. The molecular formula is C54H80ClO13P3. The fourth-order valence-corrected chi connectivity index (χ4v) is 14.3. The minimum atomic E-state index is -3.88. The highest BCUT2D eigenvalue weighted by atomic mass is 35.5. The molecule has 2 aliphatic carbocycles. The Labute approximate surface area is 428 Å². The van der Waals surface area contributed by atoms with E-state index in [1.54, 1.807) is 24.3 Å². The number of rotatable bonds is 31. The molecule has 17 heteroatoms. The number of benzene rings is 3. The average molecular weight is 1070 g/mol. The Morgan fingerprint density at radius 2 is 1.03 bits per heavy atom. The molecule has 2 N–H and O–H groups in total. The quantitative estimate of drug-likeness (QED) is 0.0355. The lowest BCUT2D eigenvalue weighted by Crippen LogP contribution is -2.30. The molecule has 0 spiro atoms. The van der Waals surface area contributed by atoms with E-state index in [4.69, 9.17) is 48.2 Å². The van der Waals surface area contributed by atoms with E-state index in [-0.39, 0.29) is 75.9 Å². The van der Waals surface area contributed by atoms with E-state index in [0.717, 1.165) is 29.5 Å². The summed E-state index contributed by atoms with van der Waals surface area (Å²) in [6, 6.07) is 12.7. The molecule has 0 heterocycles. The number of unbranched alkanes of at least 4 members (excludes halogenated alkanes) is 2. The zero-order chi connectivity index (χ0) is 51.3. The normalized spacial score (nSPS) is 16.3. The molecule has 3 aromatic rings. The first-order valence-corrected chi connectivity index (χ1v) is 31.3. The molecule has 71 heavy (non-hydrogen) atoms. The van der Waals surface area contributed by atoms with E-state index >= 15 is 0 Å². The fourth-order valence-electron chi connectivity index (χ4n) is 8.54. The molecule has 5 rings (SSSR count). The van der Waals surface area contributed by atoms with Crippen LogP contribution in [-0.2, 0) is 71.3 Å². The molecule has 2 atom stereocenters. The molecule has 0 saturated heterocycles. The van der Waals surface area contributed by atoms with Crippen LogP contribution in [0.4, 0.5) is 0 Å². The lowest BCUT2D eigenvalue weighted by Gasteiger charge is -2.31. The number of alkyl halides is 1. The third-order valence-electron chi connectivity index (χ3n) is 12.1. The van der Waals surface area contributed by atoms with Crippen LogP contribution >= 0.6 is 34.4 Å². The van der Waals surface area contributed by atoms with Crippen LogP contribution in [0.1, 0.15) is 139 Å². The maximum absolute atomic E-state index is 14.9. The summed E-state index contributed by atoms with van der Waals surface area (Å²) in [5.74, 6) is 0.805. The first kappa shape index (κ1) is 59.1. The zero-order valence-corrected chi connectivity index (χ0v) is 46.4. The number of hydrogen-bond donors (Lipinski definition) is 2. The highest BCUT2D eigenvalue weighted by molar-refractivity contribution is 7.62. The number of phenolic OH excluding ortho intramolecular Hbond substituents is 2. The van der Waals surface area contributed by atoms with Gasteiger partial charge in [-0.05, 0) is 140 Å². The fraction of sp³-hybridized carbons (Fsp3) is 0.593. The highest BCUT2D eigenvalue weighted by Crippen LogP contribution is 2.52. The van der Waals surface area contributed by atoms with Crippen molar-refractivity contribution in [1.29, 1.82) is 0 Å². The molecule has 2 aliphatic rings. The van der Waals surface area contributed by atoms with E-state index in [1.165, 1.54) is 0 Å². The van der Waals surface area contributed by atoms with Crippen molar-refractivity contribution in [2.75, 3.05) is 64.9 Å². The molecule has 8 bridgehead atoms. The van der Waals surface area contributed by atoms with E-state index in [9.17, 15) is 23.9 Å². The van der Waals surface area contributed by atoms with E-state index < -0.39 is 28.9 Å². The van der Waals surface area contributed by atoms with Gasteiger partial charge in [-0.2, -0.15) is 0 Å². The van der Waals surface area contributed by atoms with Crippen LogP contribution in [0.15, 0.2) is 66.3 Å². The van der Waals surface area contributed by atoms with Crippen molar-refractivity contribution in [2.45, 2.75) is 138 Å². The van der Waals surface area contributed by atoms with Crippen LogP contribution in [0.25, 0.3) is 0 Å². The summed E-state index contributed by atoms with van der Waals surface area (Å²) in [6.45, 7) is 13.9. The molecule has 0 amide bonds. The number of halogens is 1. The van der Waals surface area contributed by atoms with Gasteiger partial charge in [0.2, 0.25) is 0 Å². The predicted octanol–water partition coefficient (Wildman–Crippen LogP) is 13.4. The molecule has 0 aliphatic heterocycles. The third kappa shape index (κ3) is 16.9. The second-order valence-corrected chi connectivity index (χ2v) is 24.8. The van der Waals surface area contributed by atoms with E-state index in [1.807, 2.05) is 71.9 Å². The summed E-state index contributed by atoms with van der Waals surface area (Å²) in [6.07, 6.45) is 13.0. The van der Waals surface area contributed by atoms with Gasteiger partial charge in [-0.25, -0.2) is 0 Å². The average Bonchev–Trinajstić information content (AvgIpc) is 3.36. The van der Waals surface area contributed by atoms with Crippen LogP contribution in [-0.4, -0.2) is 81.2 Å². The van der Waals surface area contributed by atoms with Gasteiger partial charge in [0.05, 0.1) is 69.1 Å². The predicted molar refractivity (Wildman–Crippen MR) is 285 cm³/mol. The van der Waals surface area contributed by atoms with Crippen molar-refractivity contribution >= 4 is 45.0 Å². The Morgan fingerprint density at radius 1 is 0.563 bits per heavy atom. The van der Waals surface area contributed by atoms with Crippen molar-refractivity contribution in [3.8, 4) is 17.2 Å². The van der Waals surface area contributed by atoms with E-state index in [0.29, 0.717) is 122 Å². The molecule has 396 valence electrons. The van der Waals surface area contributed by atoms with E-state index in [2.05, 4.69) is 6.08 Å². The molecule has 0 fully saturated rings. The summed E-state index contributed by atoms with van der Waals surface area (Å²) in [5.41, 5.74) is 4.36. The maximum Gasteiger partial charge on any atom is 0.361 e. The van der Waals surface area contributed by atoms with Gasteiger partial charge >= 0.3 is 22.8 Å². The second-order valence-electron chi connectivity index (χ2n) is 18.2. The van der Waals surface area contributed by atoms with Crippen LogP contribution in [0.2, 0.25) is 0 Å². The molecule has 2 unspecified atom stereocenters. The SMILES string of the molecule is CCCOP(=O)(CCCCOc1c2cccc1Cc1cc(P(=O)(OCCC)OCCC)cc(c1O)CC1C=CC=C(Cc3cc(P(=O)(OCCC)OCCC)cc(c3O)C2)C1OCCCCCl)OCCC. The van der Waals surface area contributed by atoms with Crippen molar-refractivity contribution in [1.82, 2.24) is 0 Å². The Morgan fingerprint density at radius 3 is 1.54 bits per heavy atom. The maximum atomic E-state index is 14.9. The number of ether oxygens (including phenoxy) is 2. The van der Waals surface area contributed by atoms with Gasteiger partial charge in [0.15, 0.2) is 0 Å². The monoisotopic (exact) mass is 1060 g/mol. The lowest BCUT2D eigenvalue weighted by molar-refractivity contribution is 0.0457. The third-order valence-corrected chi connectivity index (χ3v) is 18.2. The van der Waals surface area contributed by atoms with Gasteiger partial charge < -0.3 is 46.8 Å². The topological polar surface area (TPSA) is 166 Å². The van der Waals surface area contributed by atoms with Gasteiger partial charge in [0.25, 0.3) is 0 Å². The zero-order valence-electron chi connectivity index (χ0n) is 43.0. The summed E-state index contributed by atoms with van der Waals surface area (Å²) in [7, 11) is -11.1. The molecule has 0 saturated carbocycles. The molecule has 0 aromatic heterocycles. The number of para-hydroxylation sites is 1. The minimum absolute atomic E-state index is 0.0416. The van der Waals surface area contributed by atoms with Crippen LogP contribution in [0.3, 0.4) is 0 Å². The molecule has 0 radical (unpaired) electrons. The van der Waals surface area contributed by atoms with Crippen molar-refractivity contribution in [3.63, 3.8) is 0 Å². The van der Waals surface area contributed by atoms with Gasteiger partial charge in [0.1, 0.15) is 17.2 Å². The van der Waals surface area contributed by atoms with Crippen LogP contribution in [0.5, 0.6) is 17.2 Å². The van der Waals surface area contributed by atoms with Gasteiger partial charge in [-0.15, -0.1) is 11.6 Å². The summed E-state index contributed by atoms with van der Waals surface area (Å²) < 4.78 is 92.8. The van der Waals surface area contributed by atoms with Crippen molar-refractivity contribution in [2.24, 2.45) is 5.92 Å². The van der Waals surface area contributed by atoms with Gasteiger partial charge in [0, 0.05) is 31.2 Å². The van der Waals surface area contributed by atoms with Crippen LogP contribution in [0, 0.1) is 5.92 Å². The first-order valence-electron chi connectivity index (χ1n) is 26.0. The Hall–Kier alpha value is -2.76. The van der Waals surface area contributed by atoms with Crippen molar-refractivity contribution < 1.29 is 60.5 Å². The number of allylic oxidation sites excluding steroid dienone is 2. The van der Waals surface area contributed by atoms with Gasteiger partial charge in [-0.1, -0.05) is 78.0 Å². The van der Waals surface area contributed by atoms with Crippen molar-refractivity contribution in [3.05, 3.63) is 99.6 Å². The number of fused-ring (bicyclic) bond motifs is 8. The Bertz CT molecular complexity index is 2320. The smallest absolute Gasteiger partial charge is 0.361 e. The number of hydrogen-bond acceptors (Lipinski definition) is 13. The molecule has 13 nitrogen and oxygen atoms in total. The highest BCUT2D eigenvalue weighted by Gasteiger charge is 2.35. The Kier molecular flexibility index (Phi) is 24.9. The molecule has 3 aromatic carbocycles. The second kappa shape index (κ2) is 30.0. The minimum Gasteiger partial charge on any atom is -0.507 e. The lowest BCUT2D eigenvalue weighted by atomic mass is 9.82. The van der Waals surface area contributed by atoms with Crippen LogP contribution < -0.4 is 15.3 Å². The first-order chi connectivity index (χ1) is 34.3. The van der Waals surface area contributed by atoms with Gasteiger partial charge in [-0.3, -0.25) is 13.7 Å². The standard InChI is InChI=1S/C54H80ClO13P3/c1-7-24-63-69(58,64-25-8-2)32-16-15-31-62-54-43-21-18-22-44(54)36-48-40-50(71(60,67-28-11-5)68-29-12-6)38-46(52(48)57)34-42-20-17-19-41(53(42)61-30-14-13-23-55)33-45-37-49(39-47(35-43)51(45)56)70(59,65-26-9-3)66-27-10-4/h17-22,37-41,53,56-57H,7-16,23-36H2,1-6H3. The largest absolute Gasteiger partial charge is 0.507 e.